The number of halogens is 1. The van der Waals surface area contributed by atoms with Crippen molar-refractivity contribution in [2.45, 2.75) is 18.9 Å². The lowest BCUT2D eigenvalue weighted by Gasteiger charge is -2.24. The molecule has 2 aromatic heterocycles. The maximum Gasteiger partial charge on any atom is 0.222 e. The number of rotatable bonds is 3. The summed E-state index contributed by atoms with van der Waals surface area (Å²) < 4.78 is 1.94. The van der Waals surface area contributed by atoms with E-state index in [2.05, 4.69) is 20.6 Å². The standard InChI is InChI=1S/C17H16ClN5O/c18-11-1-2-13-14(7-11)22-16(9-15(13)23-6-5-19-10-23)21-12-3-4-20-17(24)8-12/h1-2,5-7,9-10,12H,3-4,8H2,(H,20,24)(H,21,22). The lowest BCUT2D eigenvalue weighted by atomic mass is 10.1. The zero-order valence-corrected chi connectivity index (χ0v) is 13.6. The number of imidazole rings is 1. The lowest BCUT2D eigenvalue weighted by Crippen LogP contribution is -2.39. The number of amides is 1. The molecule has 1 fully saturated rings. The van der Waals surface area contributed by atoms with E-state index >= 15 is 0 Å². The van der Waals surface area contributed by atoms with Crippen molar-refractivity contribution in [3.05, 3.63) is 48.0 Å². The Bertz CT molecular complexity index is 893. The molecule has 0 radical (unpaired) electrons. The molecule has 0 aliphatic carbocycles. The van der Waals surface area contributed by atoms with E-state index in [1.165, 1.54) is 0 Å². The van der Waals surface area contributed by atoms with Gasteiger partial charge in [0, 0.05) is 47.9 Å². The van der Waals surface area contributed by atoms with Crippen LogP contribution in [0.3, 0.4) is 0 Å². The molecule has 1 unspecified atom stereocenters. The van der Waals surface area contributed by atoms with Crippen LogP contribution in [-0.4, -0.2) is 33.0 Å². The van der Waals surface area contributed by atoms with Gasteiger partial charge in [-0.15, -0.1) is 0 Å². The van der Waals surface area contributed by atoms with E-state index in [-0.39, 0.29) is 11.9 Å². The lowest BCUT2D eigenvalue weighted by molar-refractivity contribution is -0.122. The number of pyridine rings is 1. The molecule has 0 bridgehead atoms. The highest BCUT2D eigenvalue weighted by Crippen LogP contribution is 2.27. The van der Waals surface area contributed by atoms with Gasteiger partial charge in [0.25, 0.3) is 0 Å². The van der Waals surface area contributed by atoms with Gasteiger partial charge in [-0.05, 0) is 24.6 Å². The number of hydrogen-bond acceptors (Lipinski definition) is 4. The molecule has 1 aromatic carbocycles. The van der Waals surface area contributed by atoms with Crippen LogP contribution < -0.4 is 10.6 Å². The molecule has 3 heterocycles. The van der Waals surface area contributed by atoms with Gasteiger partial charge in [0.05, 0.1) is 17.5 Å². The average molecular weight is 342 g/mol. The quantitative estimate of drug-likeness (QED) is 0.768. The van der Waals surface area contributed by atoms with Crippen molar-refractivity contribution in [1.29, 1.82) is 0 Å². The number of hydrogen-bond donors (Lipinski definition) is 2. The summed E-state index contributed by atoms with van der Waals surface area (Å²) in [6, 6.07) is 7.71. The molecule has 6 nitrogen and oxygen atoms in total. The molecule has 4 rings (SSSR count). The number of nitrogens with one attached hydrogen (secondary N) is 2. The summed E-state index contributed by atoms with van der Waals surface area (Å²) in [7, 11) is 0. The highest BCUT2D eigenvalue weighted by atomic mass is 35.5. The fraction of sp³-hybridized carbons (Fsp3) is 0.235. The van der Waals surface area contributed by atoms with Crippen LogP contribution in [0.15, 0.2) is 43.0 Å². The summed E-state index contributed by atoms with van der Waals surface area (Å²) in [5.74, 6) is 0.797. The summed E-state index contributed by atoms with van der Waals surface area (Å²) in [5, 5.41) is 7.85. The third kappa shape index (κ3) is 2.92. The second-order valence-corrected chi connectivity index (χ2v) is 6.28. The van der Waals surface area contributed by atoms with Crippen molar-refractivity contribution >= 4 is 34.2 Å². The van der Waals surface area contributed by atoms with Gasteiger partial charge in [-0.2, -0.15) is 0 Å². The van der Waals surface area contributed by atoms with Gasteiger partial charge in [-0.25, -0.2) is 9.97 Å². The fourth-order valence-electron chi connectivity index (χ4n) is 2.99. The van der Waals surface area contributed by atoms with Crippen LogP contribution in [0.5, 0.6) is 0 Å². The minimum atomic E-state index is 0.0671. The van der Waals surface area contributed by atoms with Gasteiger partial charge in [0.2, 0.25) is 5.91 Å². The molecule has 24 heavy (non-hydrogen) atoms. The largest absolute Gasteiger partial charge is 0.367 e. The number of piperidine rings is 1. The minimum Gasteiger partial charge on any atom is -0.367 e. The van der Waals surface area contributed by atoms with Crippen molar-refractivity contribution in [1.82, 2.24) is 19.9 Å². The Balaban J connectivity index is 1.77. The van der Waals surface area contributed by atoms with E-state index in [0.717, 1.165) is 28.8 Å². The number of carbonyl (C=O) groups is 1. The summed E-state index contributed by atoms with van der Waals surface area (Å²) in [6.45, 7) is 0.685. The third-order valence-corrected chi connectivity index (χ3v) is 4.37. The molecule has 122 valence electrons. The van der Waals surface area contributed by atoms with Gasteiger partial charge < -0.3 is 15.2 Å². The van der Waals surface area contributed by atoms with E-state index in [1.54, 1.807) is 12.5 Å². The molecular formula is C17H16ClN5O. The van der Waals surface area contributed by atoms with Crippen LogP contribution >= 0.6 is 11.6 Å². The number of fused-ring (bicyclic) bond motifs is 1. The molecule has 1 amide bonds. The molecular weight excluding hydrogens is 326 g/mol. The molecule has 0 saturated carbocycles. The Morgan fingerprint density at radius 1 is 1.33 bits per heavy atom. The van der Waals surface area contributed by atoms with Gasteiger partial charge in [-0.3, -0.25) is 4.79 Å². The van der Waals surface area contributed by atoms with E-state index in [1.807, 2.05) is 35.0 Å². The Hall–Kier alpha value is -2.60. The van der Waals surface area contributed by atoms with Crippen molar-refractivity contribution in [3.63, 3.8) is 0 Å². The number of benzene rings is 1. The molecule has 3 aromatic rings. The van der Waals surface area contributed by atoms with Crippen LogP contribution in [0.25, 0.3) is 16.6 Å². The molecule has 1 saturated heterocycles. The zero-order valence-electron chi connectivity index (χ0n) is 12.9. The van der Waals surface area contributed by atoms with Crippen LogP contribution in [0.4, 0.5) is 5.82 Å². The summed E-state index contributed by atoms with van der Waals surface area (Å²) in [4.78, 5) is 20.4. The predicted molar refractivity (Wildman–Crippen MR) is 93.5 cm³/mol. The third-order valence-electron chi connectivity index (χ3n) is 4.13. The second-order valence-electron chi connectivity index (χ2n) is 5.84. The van der Waals surface area contributed by atoms with Crippen molar-refractivity contribution in [2.24, 2.45) is 0 Å². The summed E-state index contributed by atoms with van der Waals surface area (Å²) in [5.41, 5.74) is 1.77. The van der Waals surface area contributed by atoms with Crippen LogP contribution in [-0.2, 0) is 4.79 Å². The first-order valence-corrected chi connectivity index (χ1v) is 8.19. The van der Waals surface area contributed by atoms with E-state index in [4.69, 9.17) is 11.6 Å². The zero-order chi connectivity index (χ0) is 16.5. The Labute approximate surface area is 143 Å². The Morgan fingerprint density at radius 2 is 2.25 bits per heavy atom. The molecule has 1 atom stereocenters. The summed E-state index contributed by atoms with van der Waals surface area (Å²) in [6.07, 6.45) is 6.71. The monoisotopic (exact) mass is 341 g/mol. The Kier molecular flexibility index (Phi) is 3.82. The van der Waals surface area contributed by atoms with Crippen molar-refractivity contribution in [3.8, 4) is 5.69 Å². The summed E-state index contributed by atoms with van der Waals surface area (Å²) >= 11 is 6.13. The highest BCUT2D eigenvalue weighted by molar-refractivity contribution is 6.31. The molecule has 7 heteroatoms. The topological polar surface area (TPSA) is 71.8 Å². The maximum absolute atomic E-state index is 11.6. The maximum atomic E-state index is 11.6. The first-order valence-electron chi connectivity index (χ1n) is 7.81. The minimum absolute atomic E-state index is 0.0671. The predicted octanol–water partition coefficient (Wildman–Crippen LogP) is 2.76. The van der Waals surface area contributed by atoms with Gasteiger partial charge in [0.15, 0.2) is 0 Å². The Morgan fingerprint density at radius 3 is 3.04 bits per heavy atom. The fourth-order valence-corrected chi connectivity index (χ4v) is 3.15. The molecule has 1 aliphatic heterocycles. The molecule has 1 aliphatic rings. The first kappa shape index (κ1) is 15.0. The number of aromatic nitrogens is 3. The number of anilines is 1. The molecule has 2 N–H and O–H groups in total. The first-order chi connectivity index (χ1) is 11.7. The van der Waals surface area contributed by atoms with E-state index < -0.39 is 0 Å². The van der Waals surface area contributed by atoms with Gasteiger partial charge in [0.1, 0.15) is 5.82 Å². The normalized spacial score (nSPS) is 17.7. The van der Waals surface area contributed by atoms with E-state index in [9.17, 15) is 4.79 Å². The number of nitrogens with zero attached hydrogens (tertiary/aromatic N) is 3. The highest BCUT2D eigenvalue weighted by Gasteiger charge is 2.19. The smallest absolute Gasteiger partial charge is 0.222 e. The van der Waals surface area contributed by atoms with Crippen LogP contribution in [0, 0.1) is 0 Å². The average Bonchev–Trinajstić information content (AvgIpc) is 3.08. The van der Waals surface area contributed by atoms with E-state index in [0.29, 0.717) is 18.0 Å². The number of carbonyl (C=O) groups excluding carboxylic acids is 1. The van der Waals surface area contributed by atoms with Crippen molar-refractivity contribution < 1.29 is 4.79 Å². The second kappa shape index (κ2) is 6.13. The SMILES string of the molecule is O=C1CC(Nc2cc(-n3ccnc3)c3ccc(Cl)cc3n2)CCN1. The van der Waals surface area contributed by atoms with Gasteiger partial charge >= 0.3 is 0 Å². The van der Waals surface area contributed by atoms with Crippen LogP contribution in [0.2, 0.25) is 5.02 Å². The van der Waals surface area contributed by atoms with Gasteiger partial charge in [-0.1, -0.05) is 11.6 Å². The van der Waals surface area contributed by atoms with Crippen LogP contribution in [0.1, 0.15) is 12.8 Å². The molecule has 0 spiro atoms. The van der Waals surface area contributed by atoms with Crippen molar-refractivity contribution in [2.75, 3.05) is 11.9 Å².